The molecule has 0 aliphatic carbocycles. The van der Waals surface area contributed by atoms with Crippen molar-refractivity contribution in [3.05, 3.63) is 0 Å². The summed E-state index contributed by atoms with van der Waals surface area (Å²) in [4.78, 5) is 0. The zero-order valence-electron chi connectivity index (χ0n) is 10.3. The van der Waals surface area contributed by atoms with Crippen LogP contribution in [0.2, 0.25) is 0 Å². The van der Waals surface area contributed by atoms with Gasteiger partial charge >= 0.3 is 0 Å². The molecule has 0 bridgehead atoms. The molecule has 2 nitrogen and oxygen atoms in total. The highest BCUT2D eigenvalue weighted by Crippen LogP contribution is 2.28. The molecule has 14 heavy (non-hydrogen) atoms. The van der Waals surface area contributed by atoms with Gasteiger partial charge < -0.3 is 10.1 Å². The van der Waals surface area contributed by atoms with E-state index in [-0.39, 0.29) is 11.1 Å². The largest absolute Gasteiger partial charge is 0.378 e. The maximum absolute atomic E-state index is 5.75. The van der Waals surface area contributed by atoms with Crippen molar-refractivity contribution in [1.29, 1.82) is 0 Å². The summed E-state index contributed by atoms with van der Waals surface area (Å²) in [6.07, 6.45) is 3.92. The van der Waals surface area contributed by atoms with Crippen LogP contribution >= 0.6 is 0 Å². The van der Waals surface area contributed by atoms with Gasteiger partial charge in [-0.05, 0) is 53.9 Å². The Morgan fingerprint density at radius 1 is 1.21 bits per heavy atom. The molecule has 0 saturated carbocycles. The van der Waals surface area contributed by atoms with E-state index in [0.29, 0.717) is 6.10 Å². The first-order valence-electron chi connectivity index (χ1n) is 5.76. The van der Waals surface area contributed by atoms with E-state index in [4.69, 9.17) is 4.74 Å². The lowest BCUT2D eigenvalue weighted by molar-refractivity contribution is 0.0409. The van der Waals surface area contributed by atoms with Crippen molar-refractivity contribution in [2.75, 3.05) is 6.61 Å². The summed E-state index contributed by atoms with van der Waals surface area (Å²) in [7, 11) is 0. The third kappa shape index (κ3) is 3.58. The average Bonchev–Trinajstić information content (AvgIpc) is 2.06. The van der Waals surface area contributed by atoms with Gasteiger partial charge in [0, 0.05) is 17.7 Å². The van der Waals surface area contributed by atoms with E-state index in [1.807, 2.05) is 0 Å². The molecule has 1 saturated heterocycles. The Balaban J connectivity index is 2.64. The molecule has 1 heterocycles. The zero-order valence-corrected chi connectivity index (χ0v) is 10.3. The Labute approximate surface area is 88.4 Å². The molecule has 1 aliphatic rings. The second kappa shape index (κ2) is 4.19. The monoisotopic (exact) mass is 199 g/mol. The van der Waals surface area contributed by atoms with Gasteiger partial charge in [-0.15, -0.1) is 0 Å². The summed E-state index contributed by atoms with van der Waals surface area (Å²) in [5.74, 6) is 0. The molecule has 1 N–H and O–H groups in total. The summed E-state index contributed by atoms with van der Waals surface area (Å²) in [5.41, 5.74) is 0.440. The molecule has 0 radical (unpaired) electrons. The van der Waals surface area contributed by atoms with Gasteiger partial charge in [-0.1, -0.05) is 0 Å². The molecule has 0 spiro atoms. The van der Waals surface area contributed by atoms with Crippen molar-refractivity contribution in [3.63, 3.8) is 0 Å². The Kier molecular flexibility index (Phi) is 3.59. The Morgan fingerprint density at radius 3 is 2.43 bits per heavy atom. The fourth-order valence-electron chi connectivity index (χ4n) is 2.60. The smallest absolute Gasteiger partial charge is 0.0593 e. The van der Waals surface area contributed by atoms with Crippen LogP contribution in [0, 0.1) is 0 Å². The Bertz CT molecular complexity index is 187. The van der Waals surface area contributed by atoms with Gasteiger partial charge in [-0.3, -0.25) is 0 Å². The van der Waals surface area contributed by atoms with Crippen LogP contribution in [-0.2, 0) is 4.74 Å². The quantitative estimate of drug-likeness (QED) is 0.738. The lowest BCUT2D eigenvalue weighted by Crippen LogP contribution is -2.50. The number of nitrogens with one attached hydrogen (secondary N) is 1. The first-order chi connectivity index (χ1) is 6.35. The van der Waals surface area contributed by atoms with Crippen LogP contribution in [0.4, 0.5) is 0 Å². The minimum Gasteiger partial charge on any atom is -0.378 e. The van der Waals surface area contributed by atoms with Gasteiger partial charge in [0.1, 0.15) is 0 Å². The molecule has 1 atom stereocenters. The van der Waals surface area contributed by atoms with Crippen LogP contribution in [0.25, 0.3) is 0 Å². The van der Waals surface area contributed by atoms with E-state index in [1.165, 1.54) is 12.8 Å². The van der Waals surface area contributed by atoms with Crippen LogP contribution in [0.5, 0.6) is 0 Å². The van der Waals surface area contributed by atoms with Crippen LogP contribution in [0.15, 0.2) is 0 Å². The van der Waals surface area contributed by atoms with Crippen molar-refractivity contribution in [1.82, 2.24) is 5.32 Å². The van der Waals surface area contributed by atoms with Crippen molar-refractivity contribution in [2.45, 2.75) is 71.1 Å². The molecular weight excluding hydrogens is 174 g/mol. The third-order valence-electron chi connectivity index (χ3n) is 2.91. The summed E-state index contributed by atoms with van der Waals surface area (Å²) in [6.45, 7) is 12.0. The molecule has 0 aromatic rings. The SMILES string of the molecule is CCOC1CCC(C)(C)NC(C)(C)C1. The summed E-state index contributed by atoms with van der Waals surface area (Å²) < 4.78 is 5.75. The van der Waals surface area contributed by atoms with Crippen LogP contribution in [-0.4, -0.2) is 23.8 Å². The minimum atomic E-state index is 0.194. The van der Waals surface area contributed by atoms with E-state index in [9.17, 15) is 0 Å². The maximum atomic E-state index is 5.75. The standard InChI is InChI=1S/C12H25NO/c1-6-14-10-7-8-11(2,3)13-12(4,5)9-10/h10,13H,6-9H2,1-5H3. The third-order valence-corrected chi connectivity index (χ3v) is 2.91. The van der Waals surface area contributed by atoms with Gasteiger partial charge in [-0.25, -0.2) is 0 Å². The highest BCUT2D eigenvalue weighted by Gasteiger charge is 2.34. The molecule has 1 rings (SSSR count). The Morgan fingerprint density at radius 2 is 1.86 bits per heavy atom. The van der Waals surface area contributed by atoms with Gasteiger partial charge in [0.25, 0.3) is 0 Å². The molecular formula is C12H25NO. The van der Waals surface area contributed by atoms with Gasteiger partial charge in [0.2, 0.25) is 0 Å². The molecule has 0 aromatic heterocycles. The molecule has 2 heteroatoms. The summed E-state index contributed by atoms with van der Waals surface area (Å²) in [6, 6.07) is 0. The summed E-state index contributed by atoms with van der Waals surface area (Å²) in [5, 5.41) is 3.70. The van der Waals surface area contributed by atoms with E-state index < -0.39 is 0 Å². The minimum absolute atomic E-state index is 0.194. The van der Waals surface area contributed by atoms with Crippen LogP contribution < -0.4 is 5.32 Å². The Hall–Kier alpha value is -0.0800. The highest BCUT2D eigenvalue weighted by molar-refractivity contribution is 4.94. The molecule has 1 aliphatic heterocycles. The normalized spacial score (nSPS) is 31.1. The molecule has 0 amide bonds. The van der Waals surface area contributed by atoms with Crippen LogP contribution in [0.3, 0.4) is 0 Å². The first-order valence-corrected chi connectivity index (χ1v) is 5.76. The second-order valence-corrected chi connectivity index (χ2v) is 5.71. The van der Waals surface area contributed by atoms with Crippen molar-refractivity contribution < 1.29 is 4.74 Å². The lowest BCUT2D eigenvalue weighted by atomic mass is 9.96. The number of rotatable bonds is 2. The first kappa shape index (κ1) is 12.0. The van der Waals surface area contributed by atoms with E-state index in [2.05, 4.69) is 39.9 Å². The van der Waals surface area contributed by atoms with E-state index in [0.717, 1.165) is 13.0 Å². The highest BCUT2D eigenvalue weighted by atomic mass is 16.5. The van der Waals surface area contributed by atoms with Gasteiger partial charge in [0.15, 0.2) is 0 Å². The number of hydrogen-bond donors (Lipinski definition) is 1. The predicted molar refractivity (Wildman–Crippen MR) is 60.6 cm³/mol. The fourth-order valence-corrected chi connectivity index (χ4v) is 2.60. The van der Waals surface area contributed by atoms with Gasteiger partial charge in [-0.2, -0.15) is 0 Å². The lowest BCUT2D eigenvalue weighted by Gasteiger charge is -2.34. The molecule has 1 fully saturated rings. The van der Waals surface area contributed by atoms with E-state index in [1.54, 1.807) is 0 Å². The van der Waals surface area contributed by atoms with Crippen molar-refractivity contribution in [3.8, 4) is 0 Å². The van der Waals surface area contributed by atoms with Crippen molar-refractivity contribution in [2.24, 2.45) is 0 Å². The molecule has 84 valence electrons. The number of hydrogen-bond acceptors (Lipinski definition) is 2. The zero-order chi connectivity index (χ0) is 10.8. The fraction of sp³-hybridized carbons (Fsp3) is 1.00. The topological polar surface area (TPSA) is 21.3 Å². The number of ether oxygens (including phenoxy) is 1. The van der Waals surface area contributed by atoms with E-state index >= 15 is 0 Å². The predicted octanol–water partition coefficient (Wildman–Crippen LogP) is 2.72. The average molecular weight is 199 g/mol. The van der Waals surface area contributed by atoms with Gasteiger partial charge in [0.05, 0.1) is 6.10 Å². The van der Waals surface area contributed by atoms with Crippen LogP contribution in [0.1, 0.15) is 53.9 Å². The molecule has 0 aromatic carbocycles. The summed E-state index contributed by atoms with van der Waals surface area (Å²) >= 11 is 0. The molecule has 1 unspecified atom stereocenters. The second-order valence-electron chi connectivity index (χ2n) is 5.71. The van der Waals surface area contributed by atoms with Crippen molar-refractivity contribution >= 4 is 0 Å². The maximum Gasteiger partial charge on any atom is 0.0593 e.